The molecule has 0 amide bonds. The van der Waals surface area contributed by atoms with Gasteiger partial charge >= 0.3 is 0 Å². The van der Waals surface area contributed by atoms with Crippen molar-refractivity contribution in [2.75, 3.05) is 38.2 Å². The fourth-order valence-corrected chi connectivity index (χ4v) is 2.29. The van der Waals surface area contributed by atoms with Gasteiger partial charge < -0.3 is 10.2 Å². The molecule has 78 valence electrons. The van der Waals surface area contributed by atoms with Crippen LogP contribution >= 0.6 is 11.8 Å². The van der Waals surface area contributed by atoms with Gasteiger partial charge in [0.25, 0.3) is 0 Å². The molecular formula is C10H22N2S. The Balaban J connectivity index is 2.00. The zero-order valence-corrected chi connectivity index (χ0v) is 9.70. The Labute approximate surface area is 86.5 Å². The first-order valence-corrected chi connectivity index (χ1v) is 6.67. The average molecular weight is 202 g/mol. The predicted octanol–water partition coefficient (Wildman–Crippen LogP) is 1.42. The molecule has 1 atom stereocenters. The van der Waals surface area contributed by atoms with Gasteiger partial charge in [-0.2, -0.15) is 11.8 Å². The largest absolute Gasteiger partial charge is 0.312 e. The number of nitrogens with zero attached hydrogens (tertiary/aromatic N) is 1. The van der Waals surface area contributed by atoms with Crippen LogP contribution in [0, 0.1) is 0 Å². The van der Waals surface area contributed by atoms with E-state index < -0.39 is 0 Å². The van der Waals surface area contributed by atoms with Gasteiger partial charge in [-0.1, -0.05) is 0 Å². The molecule has 1 rings (SSSR count). The van der Waals surface area contributed by atoms with Crippen LogP contribution in [0.3, 0.4) is 0 Å². The summed E-state index contributed by atoms with van der Waals surface area (Å²) in [5.41, 5.74) is 0. The highest BCUT2D eigenvalue weighted by Gasteiger charge is 2.14. The highest BCUT2D eigenvalue weighted by atomic mass is 32.2. The molecule has 0 aromatic heterocycles. The van der Waals surface area contributed by atoms with Gasteiger partial charge in [0.05, 0.1) is 0 Å². The van der Waals surface area contributed by atoms with Crippen molar-refractivity contribution in [3.05, 3.63) is 0 Å². The Kier molecular flexibility index (Phi) is 5.83. The summed E-state index contributed by atoms with van der Waals surface area (Å²) >= 11 is 1.96. The van der Waals surface area contributed by atoms with E-state index in [0.29, 0.717) is 6.04 Å². The molecule has 1 unspecified atom stereocenters. The van der Waals surface area contributed by atoms with Crippen LogP contribution in [0.5, 0.6) is 0 Å². The third kappa shape index (κ3) is 4.89. The molecule has 13 heavy (non-hydrogen) atoms. The number of piperazine rings is 1. The fourth-order valence-electron chi connectivity index (χ4n) is 1.80. The Morgan fingerprint density at radius 1 is 1.46 bits per heavy atom. The lowest BCUT2D eigenvalue weighted by Crippen LogP contribution is -2.49. The summed E-state index contributed by atoms with van der Waals surface area (Å²) in [4.78, 5) is 2.58. The van der Waals surface area contributed by atoms with E-state index in [4.69, 9.17) is 0 Å². The van der Waals surface area contributed by atoms with E-state index in [1.807, 2.05) is 11.8 Å². The second-order valence-electron chi connectivity index (χ2n) is 3.86. The summed E-state index contributed by atoms with van der Waals surface area (Å²) in [5, 5.41) is 3.47. The van der Waals surface area contributed by atoms with Crippen molar-refractivity contribution in [3.63, 3.8) is 0 Å². The molecule has 1 saturated heterocycles. The van der Waals surface area contributed by atoms with Crippen LogP contribution < -0.4 is 5.32 Å². The second kappa shape index (κ2) is 6.68. The molecule has 1 aliphatic rings. The van der Waals surface area contributed by atoms with Gasteiger partial charge in [0.1, 0.15) is 0 Å². The van der Waals surface area contributed by atoms with Gasteiger partial charge in [-0.15, -0.1) is 0 Å². The van der Waals surface area contributed by atoms with Gasteiger partial charge in [0.15, 0.2) is 0 Å². The Morgan fingerprint density at radius 3 is 3.00 bits per heavy atom. The Morgan fingerprint density at radius 2 is 2.31 bits per heavy atom. The standard InChI is InChI=1S/C10H22N2S/c1-10-9-12(7-5-11-10)6-3-4-8-13-2/h10-11H,3-9H2,1-2H3. The molecule has 0 aromatic rings. The number of nitrogens with one attached hydrogen (secondary N) is 1. The van der Waals surface area contributed by atoms with Gasteiger partial charge in [0.2, 0.25) is 0 Å². The quantitative estimate of drug-likeness (QED) is 0.679. The molecule has 1 N–H and O–H groups in total. The van der Waals surface area contributed by atoms with Gasteiger partial charge in [0, 0.05) is 25.7 Å². The summed E-state index contributed by atoms with van der Waals surface area (Å²) in [5.74, 6) is 1.32. The van der Waals surface area contributed by atoms with Crippen molar-refractivity contribution in [3.8, 4) is 0 Å². The van der Waals surface area contributed by atoms with Gasteiger partial charge in [-0.25, -0.2) is 0 Å². The van der Waals surface area contributed by atoms with E-state index in [1.165, 1.54) is 44.8 Å². The van der Waals surface area contributed by atoms with Crippen LogP contribution in [0.4, 0.5) is 0 Å². The van der Waals surface area contributed by atoms with Gasteiger partial charge in [-0.3, -0.25) is 0 Å². The number of hydrogen-bond acceptors (Lipinski definition) is 3. The molecule has 1 heterocycles. The molecule has 0 spiro atoms. The number of hydrogen-bond donors (Lipinski definition) is 1. The fraction of sp³-hybridized carbons (Fsp3) is 1.00. The molecule has 2 nitrogen and oxygen atoms in total. The first kappa shape index (κ1) is 11.3. The minimum absolute atomic E-state index is 0.689. The van der Waals surface area contributed by atoms with Crippen LogP contribution in [-0.4, -0.2) is 49.1 Å². The summed E-state index contributed by atoms with van der Waals surface area (Å²) in [6, 6.07) is 0.689. The summed E-state index contributed by atoms with van der Waals surface area (Å²) < 4.78 is 0. The van der Waals surface area contributed by atoms with Crippen LogP contribution in [0.15, 0.2) is 0 Å². The maximum atomic E-state index is 3.47. The Bertz CT molecular complexity index is 130. The van der Waals surface area contributed by atoms with E-state index in [1.54, 1.807) is 0 Å². The SMILES string of the molecule is CSCCCCN1CCNC(C)C1. The lowest BCUT2D eigenvalue weighted by Gasteiger charge is -2.31. The van der Waals surface area contributed by atoms with E-state index in [2.05, 4.69) is 23.4 Å². The first-order chi connectivity index (χ1) is 6.33. The van der Waals surface area contributed by atoms with Crippen molar-refractivity contribution >= 4 is 11.8 Å². The third-order valence-electron chi connectivity index (χ3n) is 2.53. The summed E-state index contributed by atoms with van der Waals surface area (Å²) in [6.45, 7) is 7.22. The molecule has 0 bridgehead atoms. The molecule has 0 aromatic carbocycles. The molecular weight excluding hydrogens is 180 g/mol. The zero-order valence-electron chi connectivity index (χ0n) is 8.88. The molecule has 1 fully saturated rings. The minimum Gasteiger partial charge on any atom is -0.312 e. The topological polar surface area (TPSA) is 15.3 Å². The second-order valence-corrected chi connectivity index (χ2v) is 4.84. The van der Waals surface area contributed by atoms with E-state index in [9.17, 15) is 0 Å². The number of unbranched alkanes of at least 4 members (excludes halogenated alkanes) is 1. The Hall–Kier alpha value is 0.270. The highest BCUT2D eigenvalue weighted by Crippen LogP contribution is 2.03. The van der Waals surface area contributed by atoms with Crippen molar-refractivity contribution in [1.29, 1.82) is 0 Å². The van der Waals surface area contributed by atoms with E-state index >= 15 is 0 Å². The first-order valence-electron chi connectivity index (χ1n) is 5.27. The molecule has 1 aliphatic heterocycles. The van der Waals surface area contributed by atoms with E-state index in [0.717, 1.165) is 0 Å². The van der Waals surface area contributed by atoms with Gasteiger partial charge in [-0.05, 0) is 38.3 Å². The maximum absolute atomic E-state index is 3.47. The molecule has 0 saturated carbocycles. The lowest BCUT2D eigenvalue weighted by atomic mass is 10.2. The van der Waals surface area contributed by atoms with Crippen molar-refractivity contribution in [1.82, 2.24) is 10.2 Å². The predicted molar refractivity (Wildman–Crippen MR) is 61.5 cm³/mol. The van der Waals surface area contributed by atoms with Crippen molar-refractivity contribution < 1.29 is 0 Å². The zero-order chi connectivity index (χ0) is 9.52. The van der Waals surface area contributed by atoms with Crippen LogP contribution in [-0.2, 0) is 0 Å². The number of thioether (sulfide) groups is 1. The highest BCUT2D eigenvalue weighted by molar-refractivity contribution is 7.98. The van der Waals surface area contributed by atoms with Crippen molar-refractivity contribution in [2.45, 2.75) is 25.8 Å². The lowest BCUT2D eigenvalue weighted by molar-refractivity contribution is 0.205. The van der Waals surface area contributed by atoms with Crippen LogP contribution in [0.1, 0.15) is 19.8 Å². The number of rotatable bonds is 5. The minimum atomic E-state index is 0.689. The van der Waals surface area contributed by atoms with Crippen LogP contribution in [0.25, 0.3) is 0 Å². The summed E-state index contributed by atoms with van der Waals surface area (Å²) in [7, 11) is 0. The maximum Gasteiger partial charge on any atom is 0.0167 e. The third-order valence-corrected chi connectivity index (χ3v) is 3.22. The molecule has 0 radical (unpaired) electrons. The smallest absolute Gasteiger partial charge is 0.0167 e. The normalized spacial score (nSPS) is 24.9. The van der Waals surface area contributed by atoms with Crippen LogP contribution in [0.2, 0.25) is 0 Å². The molecule has 0 aliphatic carbocycles. The monoisotopic (exact) mass is 202 g/mol. The average Bonchev–Trinajstić information content (AvgIpc) is 2.13. The van der Waals surface area contributed by atoms with E-state index in [-0.39, 0.29) is 0 Å². The van der Waals surface area contributed by atoms with Crippen molar-refractivity contribution in [2.24, 2.45) is 0 Å². The molecule has 3 heteroatoms. The summed E-state index contributed by atoms with van der Waals surface area (Å²) in [6.07, 6.45) is 4.93.